The first kappa shape index (κ1) is 31.8. The maximum Gasteiger partial charge on any atom is 0.410 e. The second kappa shape index (κ2) is 13.2. The number of ether oxygens (including phenoxy) is 4. The van der Waals surface area contributed by atoms with Crippen LogP contribution in [0.3, 0.4) is 0 Å². The summed E-state index contributed by atoms with van der Waals surface area (Å²) < 4.78 is 23.4. The van der Waals surface area contributed by atoms with Crippen molar-refractivity contribution < 1.29 is 33.3 Å². The number of hydrogen-bond acceptors (Lipinski definition) is 9. The largest absolute Gasteiger partial charge is 0.497 e. The Balaban J connectivity index is 1.36. The maximum absolute atomic E-state index is 14.1. The van der Waals surface area contributed by atoms with Crippen molar-refractivity contribution in [3.05, 3.63) is 65.0 Å². The molecular formula is C33H41N5O7. The molecule has 0 aliphatic carbocycles. The molecule has 3 aromatic rings. The van der Waals surface area contributed by atoms with Gasteiger partial charge in [-0.15, -0.1) is 0 Å². The molecule has 45 heavy (non-hydrogen) atoms. The molecule has 0 radical (unpaired) electrons. The summed E-state index contributed by atoms with van der Waals surface area (Å²) in [5.41, 5.74) is 2.79. The number of amides is 2. The van der Waals surface area contributed by atoms with E-state index in [0.29, 0.717) is 79.8 Å². The normalized spacial score (nSPS) is 15.5. The summed E-state index contributed by atoms with van der Waals surface area (Å²) in [7, 11) is 3.20. The minimum absolute atomic E-state index is 0.148. The Morgan fingerprint density at radius 2 is 1.60 bits per heavy atom. The average Bonchev–Trinajstić information content (AvgIpc) is 3.42. The number of hydrogen-bond donors (Lipinski definition) is 0. The fourth-order valence-corrected chi connectivity index (χ4v) is 5.57. The third-order valence-electron chi connectivity index (χ3n) is 7.80. The molecule has 2 aliphatic rings. The van der Waals surface area contributed by atoms with Gasteiger partial charge in [0.25, 0.3) is 5.91 Å². The topological polar surface area (TPSA) is 116 Å². The van der Waals surface area contributed by atoms with Crippen molar-refractivity contribution >= 4 is 23.7 Å². The van der Waals surface area contributed by atoms with Crippen LogP contribution in [-0.4, -0.2) is 96.7 Å². The van der Waals surface area contributed by atoms with Crippen LogP contribution in [-0.2, 0) is 22.4 Å². The Labute approximate surface area is 263 Å². The van der Waals surface area contributed by atoms with Crippen LogP contribution in [0, 0.1) is 0 Å². The lowest BCUT2D eigenvalue weighted by atomic mass is 10.0. The quantitative estimate of drug-likeness (QED) is 0.340. The molecule has 2 amide bonds. The number of nitrogens with zero attached hydrogens (tertiary/aromatic N) is 5. The number of methoxy groups -OCH3 is 2. The van der Waals surface area contributed by atoms with E-state index < -0.39 is 11.6 Å². The second-order valence-electron chi connectivity index (χ2n) is 12.0. The number of rotatable bonds is 8. The van der Waals surface area contributed by atoms with Gasteiger partial charge in [0, 0.05) is 62.1 Å². The molecule has 2 aromatic carbocycles. The lowest BCUT2D eigenvalue weighted by molar-refractivity contribution is 0.0138. The Morgan fingerprint density at radius 1 is 0.911 bits per heavy atom. The molecule has 1 fully saturated rings. The van der Waals surface area contributed by atoms with Crippen LogP contribution in [0.15, 0.2) is 42.5 Å². The molecule has 3 heterocycles. The van der Waals surface area contributed by atoms with E-state index in [2.05, 4.69) is 10.00 Å². The van der Waals surface area contributed by atoms with Crippen molar-refractivity contribution in [1.82, 2.24) is 19.6 Å². The number of fused-ring (bicyclic) bond motifs is 1. The Hall–Kier alpha value is -4.58. The highest BCUT2D eigenvalue weighted by Gasteiger charge is 2.36. The number of piperazine rings is 1. The average molecular weight is 620 g/mol. The zero-order valence-electron chi connectivity index (χ0n) is 26.8. The van der Waals surface area contributed by atoms with E-state index in [4.69, 9.17) is 18.9 Å². The first-order chi connectivity index (χ1) is 21.5. The van der Waals surface area contributed by atoms with Crippen molar-refractivity contribution in [2.45, 2.75) is 46.3 Å². The van der Waals surface area contributed by atoms with E-state index in [0.717, 1.165) is 5.56 Å². The van der Waals surface area contributed by atoms with Gasteiger partial charge in [-0.05, 0) is 64.4 Å². The molecule has 12 heteroatoms. The van der Waals surface area contributed by atoms with Gasteiger partial charge in [-0.25, -0.2) is 14.3 Å². The Morgan fingerprint density at radius 3 is 2.22 bits per heavy atom. The highest BCUT2D eigenvalue weighted by Crippen LogP contribution is 2.33. The lowest BCUT2D eigenvalue weighted by Gasteiger charge is -2.35. The molecule has 0 N–H and O–H groups in total. The molecule has 0 spiro atoms. The summed E-state index contributed by atoms with van der Waals surface area (Å²) in [5, 5.41) is 4.55. The van der Waals surface area contributed by atoms with E-state index in [9.17, 15) is 14.4 Å². The summed E-state index contributed by atoms with van der Waals surface area (Å²) in [6, 6.07) is 12.9. The van der Waals surface area contributed by atoms with Gasteiger partial charge in [-0.2, -0.15) is 5.10 Å². The summed E-state index contributed by atoms with van der Waals surface area (Å²) >= 11 is 0. The van der Waals surface area contributed by atoms with Crippen LogP contribution in [0.1, 0.15) is 59.8 Å². The SMILES string of the molecule is CCOC(=O)c1nn(-c2ccc(OC)cc2)c2c1CCN(c1ccc(CN3CCN(C(=O)OC(C)(C)C)CC3)c(OC)c1)C2=O. The van der Waals surface area contributed by atoms with Crippen molar-refractivity contribution in [1.29, 1.82) is 0 Å². The summed E-state index contributed by atoms with van der Waals surface area (Å²) in [6.07, 6.45) is 0.137. The number of benzene rings is 2. The van der Waals surface area contributed by atoms with E-state index in [1.165, 1.54) is 4.68 Å². The van der Waals surface area contributed by atoms with Gasteiger partial charge in [0.1, 0.15) is 22.8 Å². The van der Waals surface area contributed by atoms with Gasteiger partial charge < -0.3 is 28.7 Å². The molecule has 12 nitrogen and oxygen atoms in total. The fourth-order valence-electron chi connectivity index (χ4n) is 5.57. The van der Waals surface area contributed by atoms with E-state index in [1.807, 2.05) is 39.0 Å². The molecule has 0 bridgehead atoms. The number of anilines is 1. The van der Waals surface area contributed by atoms with Gasteiger partial charge in [-0.1, -0.05) is 6.07 Å². The molecule has 240 valence electrons. The molecule has 1 saturated heterocycles. The van der Waals surface area contributed by atoms with Crippen LogP contribution >= 0.6 is 0 Å². The van der Waals surface area contributed by atoms with Crippen LogP contribution in [0.4, 0.5) is 10.5 Å². The highest BCUT2D eigenvalue weighted by atomic mass is 16.6. The zero-order valence-corrected chi connectivity index (χ0v) is 26.8. The van der Waals surface area contributed by atoms with E-state index >= 15 is 0 Å². The smallest absolute Gasteiger partial charge is 0.410 e. The predicted octanol–water partition coefficient (Wildman–Crippen LogP) is 4.32. The summed E-state index contributed by atoms with van der Waals surface area (Å²) in [6.45, 7) is 11.1. The molecule has 0 saturated carbocycles. The molecule has 5 rings (SSSR count). The van der Waals surface area contributed by atoms with Crippen molar-refractivity contribution in [2.24, 2.45) is 0 Å². The molecule has 0 unspecified atom stereocenters. The summed E-state index contributed by atoms with van der Waals surface area (Å²) in [4.78, 5) is 45.1. The number of aromatic nitrogens is 2. The molecule has 2 aliphatic heterocycles. The molecular weight excluding hydrogens is 578 g/mol. The predicted molar refractivity (Wildman–Crippen MR) is 168 cm³/mol. The lowest BCUT2D eigenvalue weighted by Crippen LogP contribution is -2.49. The fraction of sp³-hybridized carbons (Fsp3) is 0.455. The molecule has 1 aromatic heterocycles. The van der Waals surface area contributed by atoms with Crippen molar-refractivity contribution in [2.75, 3.05) is 58.5 Å². The van der Waals surface area contributed by atoms with Crippen LogP contribution in [0.25, 0.3) is 5.69 Å². The zero-order chi connectivity index (χ0) is 32.3. The maximum atomic E-state index is 14.1. The van der Waals surface area contributed by atoms with Crippen molar-refractivity contribution in [3.8, 4) is 17.2 Å². The standard InChI is InChI=1S/C33H41N5O7/c1-7-44-31(40)28-26-14-15-37(30(39)29(26)38(34-28)23-10-12-25(42-5)13-11-23)24-9-8-22(27(20-24)43-6)21-35-16-18-36(19-17-35)32(41)45-33(2,3)4/h8-13,20H,7,14-19,21H2,1-6H3. The van der Waals surface area contributed by atoms with Gasteiger partial charge in [0.2, 0.25) is 0 Å². The van der Waals surface area contributed by atoms with Crippen LogP contribution < -0.4 is 14.4 Å². The monoisotopic (exact) mass is 619 g/mol. The summed E-state index contributed by atoms with van der Waals surface area (Å²) in [5.74, 6) is 0.496. The number of carbonyl (C=O) groups excluding carboxylic acids is 3. The van der Waals surface area contributed by atoms with Crippen LogP contribution in [0.2, 0.25) is 0 Å². The van der Waals surface area contributed by atoms with Crippen LogP contribution in [0.5, 0.6) is 11.5 Å². The van der Waals surface area contributed by atoms with E-state index in [1.54, 1.807) is 55.2 Å². The van der Waals surface area contributed by atoms with Crippen molar-refractivity contribution in [3.63, 3.8) is 0 Å². The van der Waals surface area contributed by atoms with Gasteiger partial charge >= 0.3 is 12.1 Å². The molecule has 0 atom stereocenters. The van der Waals surface area contributed by atoms with Gasteiger partial charge in [-0.3, -0.25) is 9.69 Å². The number of carbonyl (C=O) groups is 3. The Kier molecular flexibility index (Phi) is 9.33. The van der Waals surface area contributed by atoms with E-state index in [-0.39, 0.29) is 24.3 Å². The minimum Gasteiger partial charge on any atom is -0.497 e. The third kappa shape index (κ3) is 6.90. The van der Waals surface area contributed by atoms with Gasteiger partial charge in [0.05, 0.1) is 26.5 Å². The first-order valence-electron chi connectivity index (χ1n) is 15.2. The van der Waals surface area contributed by atoms with Gasteiger partial charge in [0.15, 0.2) is 5.69 Å². The highest BCUT2D eigenvalue weighted by molar-refractivity contribution is 6.09. The second-order valence-corrected chi connectivity index (χ2v) is 12.0. The third-order valence-corrected chi connectivity index (χ3v) is 7.80. The Bertz CT molecular complexity index is 1550. The first-order valence-corrected chi connectivity index (χ1v) is 15.2. The minimum atomic E-state index is -0.555. The number of esters is 1.